The zero-order valence-corrected chi connectivity index (χ0v) is 18.6. The number of amides is 1. The normalized spacial score (nSPS) is 26.4. The van der Waals surface area contributed by atoms with Crippen molar-refractivity contribution in [1.29, 1.82) is 0 Å². The molecule has 0 radical (unpaired) electrons. The zero-order valence-electron chi connectivity index (χ0n) is 18.6. The van der Waals surface area contributed by atoms with Crippen molar-refractivity contribution in [1.82, 2.24) is 10.2 Å². The maximum absolute atomic E-state index is 12.1. The zero-order chi connectivity index (χ0) is 20.4. The van der Waals surface area contributed by atoms with Crippen molar-refractivity contribution in [2.75, 3.05) is 37.6 Å². The van der Waals surface area contributed by atoms with Crippen LogP contribution in [-0.2, 0) is 4.79 Å². The van der Waals surface area contributed by atoms with Gasteiger partial charge in [0.05, 0.1) is 6.54 Å². The van der Waals surface area contributed by atoms with Crippen LogP contribution in [0.5, 0.6) is 0 Å². The number of para-hydroxylation sites is 1. The summed E-state index contributed by atoms with van der Waals surface area (Å²) in [6.07, 6.45) is 7.67. The highest BCUT2D eigenvalue weighted by Gasteiger charge is 2.32. The van der Waals surface area contributed by atoms with E-state index in [1.807, 2.05) is 0 Å². The Balaban J connectivity index is 1.33. The third kappa shape index (κ3) is 5.33. The van der Waals surface area contributed by atoms with E-state index < -0.39 is 0 Å². The molecule has 4 nitrogen and oxygen atoms in total. The fraction of sp³-hybridized carbons (Fsp3) is 0.720. The Bertz CT molecular complexity index is 690. The van der Waals surface area contributed by atoms with Gasteiger partial charge in [-0.15, -0.1) is 0 Å². The van der Waals surface area contributed by atoms with E-state index in [0.717, 1.165) is 44.9 Å². The van der Waals surface area contributed by atoms with Crippen LogP contribution < -0.4 is 10.2 Å². The summed E-state index contributed by atoms with van der Waals surface area (Å²) in [4.78, 5) is 17.0. The van der Waals surface area contributed by atoms with Gasteiger partial charge in [-0.3, -0.25) is 9.69 Å². The van der Waals surface area contributed by atoms with Crippen LogP contribution in [0.4, 0.5) is 5.69 Å². The number of hydrogen-bond donors (Lipinski definition) is 1. The molecule has 0 spiro atoms. The molecule has 1 aromatic carbocycles. The Morgan fingerprint density at radius 3 is 2.24 bits per heavy atom. The van der Waals surface area contributed by atoms with E-state index in [-0.39, 0.29) is 5.91 Å². The average Bonchev–Trinajstić information content (AvgIpc) is 3.52. The summed E-state index contributed by atoms with van der Waals surface area (Å²) < 4.78 is 0. The van der Waals surface area contributed by atoms with Gasteiger partial charge in [0, 0.05) is 37.9 Å². The first-order valence-electron chi connectivity index (χ1n) is 11.8. The lowest BCUT2D eigenvalue weighted by molar-refractivity contribution is -0.122. The molecule has 4 rings (SSSR count). The molecule has 0 aromatic heterocycles. The van der Waals surface area contributed by atoms with E-state index >= 15 is 0 Å². The highest BCUT2D eigenvalue weighted by Crippen LogP contribution is 2.45. The smallest absolute Gasteiger partial charge is 0.234 e. The molecule has 1 aromatic rings. The predicted octanol–water partition coefficient (Wildman–Crippen LogP) is 4.41. The van der Waals surface area contributed by atoms with Crippen LogP contribution in [0.3, 0.4) is 0 Å². The Hall–Kier alpha value is -1.55. The molecule has 4 heteroatoms. The van der Waals surface area contributed by atoms with Gasteiger partial charge in [0.1, 0.15) is 0 Å². The maximum atomic E-state index is 12.1. The van der Waals surface area contributed by atoms with Crippen LogP contribution in [0.15, 0.2) is 24.3 Å². The van der Waals surface area contributed by atoms with Crippen LogP contribution in [0.2, 0.25) is 0 Å². The number of piperazine rings is 1. The molecular formula is C25H39N3O. The number of benzene rings is 1. The maximum Gasteiger partial charge on any atom is 0.234 e. The quantitative estimate of drug-likeness (QED) is 0.799. The second kappa shape index (κ2) is 8.67. The van der Waals surface area contributed by atoms with Crippen molar-refractivity contribution in [2.24, 2.45) is 11.3 Å². The average molecular weight is 398 g/mol. The Morgan fingerprint density at radius 1 is 0.966 bits per heavy atom. The number of carbonyl (C=O) groups is 1. The number of anilines is 1. The summed E-state index contributed by atoms with van der Waals surface area (Å²) in [6.45, 7) is 11.7. The molecule has 0 bridgehead atoms. The number of nitrogens with one attached hydrogen (secondary N) is 1. The molecule has 2 aliphatic carbocycles. The molecule has 1 N–H and O–H groups in total. The molecule has 2 saturated carbocycles. The third-order valence-corrected chi connectivity index (χ3v) is 7.35. The topological polar surface area (TPSA) is 35.6 Å². The van der Waals surface area contributed by atoms with Gasteiger partial charge >= 0.3 is 0 Å². The molecule has 0 atom stereocenters. The van der Waals surface area contributed by atoms with E-state index in [4.69, 9.17) is 0 Å². The molecule has 160 valence electrons. The lowest BCUT2D eigenvalue weighted by Gasteiger charge is -2.40. The van der Waals surface area contributed by atoms with E-state index in [0.29, 0.717) is 23.9 Å². The highest BCUT2D eigenvalue weighted by molar-refractivity contribution is 5.78. The molecule has 0 unspecified atom stereocenters. The van der Waals surface area contributed by atoms with Crippen LogP contribution in [0.1, 0.15) is 70.8 Å². The number of rotatable bonds is 5. The molecule has 3 aliphatic rings. The summed E-state index contributed by atoms with van der Waals surface area (Å²) in [5, 5.41) is 3.12. The van der Waals surface area contributed by atoms with E-state index in [1.165, 1.54) is 31.4 Å². The first-order valence-corrected chi connectivity index (χ1v) is 11.8. The van der Waals surface area contributed by atoms with Crippen LogP contribution in [-0.4, -0.2) is 49.6 Å². The van der Waals surface area contributed by atoms with Crippen LogP contribution in [0, 0.1) is 11.3 Å². The van der Waals surface area contributed by atoms with Gasteiger partial charge in [0.2, 0.25) is 5.91 Å². The van der Waals surface area contributed by atoms with Gasteiger partial charge < -0.3 is 10.2 Å². The standard InChI is InChI=1S/C25H39N3O/c1-25(2,3)20-10-8-19(9-11-20)22-6-4-5-7-23(22)28-16-14-27(15-17-28)18-24(29)26-21-12-13-21/h4-7,19-21H,8-18H2,1-3H3,(H,26,29). The Labute approximate surface area is 177 Å². The summed E-state index contributed by atoms with van der Waals surface area (Å²) in [5.41, 5.74) is 3.43. The molecular weight excluding hydrogens is 358 g/mol. The van der Waals surface area contributed by atoms with E-state index in [9.17, 15) is 4.79 Å². The predicted molar refractivity (Wildman–Crippen MR) is 120 cm³/mol. The van der Waals surface area contributed by atoms with Crippen LogP contribution >= 0.6 is 0 Å². The van der Waals surface area contributed by atoms with E-state index in [1.54, 1.807) is 5.56 Å². The summed E-state index contributed by atoms with van der Waals surface area (Å²) in [6, 6.07) is 9.56. The third-order valence-electron chi connectivity index (χ3n) is 7.35. The van der Waals surface area contributed by atoms with Gasteiger partial charge in [-0.25, -0.2) is 0 Å². The number of hydrogen-bond acceptors (Lipinski definition) is 3. The largest absolute Gasteiger partial charge is 0.369 e. The lowest BCUT2D eigenvalue weighted by atomic mass is 9.68. The minimum atomic E-state index is 0.206. The lowest BCUT2D eigenvalue weighted by Crippen LogP contribution is -2.50. The molecule has 3 fully saturated rings. The second-order valence-electron chi connectivity index (χ2n) is 10.6. The Morgan fingerprint density at radius 2 is 1.62 bits per heavy atom. The van der Waals surface area contributed by atoms with Crippen LogP contribution in [0.25, 0.3) is 0 Å². The van der Waals surface area contributed by atoms with Gasteiger partial charge in [-0.1, -0.05) is 39.0 Å². The molecule has 1 amide bonds. The van der Waals surface area contributed by atoms with Crippen molar-refractivity contribution in [3.8, 4) is 0 Å². The first-order chi connectivity index (χ1) is 13.9. The fourth-order valence-electron chi connectivity index (χ4n) is 5.24. The summed E-state index contributed by atoms with van der Waals surface area (Å²) in [7, 11) is 0. The van der Waals surface area contributed by atoms with Crippen molar-refractivity contribution in [2.45, 2.75) is 71.3 Å². The van der Waals surface area contributed by atoms with Gasteiger partial charge in [0.25, 0.3) is 0 Å². The van der Waals surface area contributed by atoms with Crippen molar-refractivity contribution >= 4 is 11.6 Å². The molecule has 1 heterocycles. The van der Waals surface area contributed by atoms with Crippen molar-refractivity contribution in [3.63, 3.8) is 0 Å². The SMILES string of the molecule is CC(C)(C)C1CCC(c2ccccc2N2CCN(CC(=O)NC3CC3)CC2)CC1. The van der Waals surface area contributed by atoms with Gasteiger partial charge in [-0.05, 0) is 67.4 Å². The molecule has 1 saturated heterocycles. The molecule has 1 aliphatic heterocycles. The number of nitrogens with zero attached hydrogens (tertiary/aromatic N) is 2. The monoisotopic (exact) mass is 397 g/mol. The summed E-state index contributed by atoms with van der Waals surface area (Å²) >= 11 is 0. The first kappa shape index (κ1) is 20.7. The minimum Gasteiger partial charge on any atom is -0.369 e. The molecule has 29 heavy (non-hydrogen) atoms. The summed E-state index contributed by atoms with van der Waals surface area (Å²) in [5.74, 6) is 1.76. The van der Waals surface area contributed by atoms with Gasteiger partial charge in [-0.2, -0.15) is 0 Å². The fourth-order valence-corrected chi connectivity index (χ4v) is 5.24. The van der Waals surface area contributed by atoms with Crippen molar-refractivity contribution in [3.05, 3.63) is 29.8 Å². The second-order valence-corrected chi connectivity index (χ2v) is 10.6. The van der Waals surface area contributed by atoms with Gasteiger partial charge in [0.15, 0.2) is 0 Å². The number of carbonyl (C=O) groups excluding carboxylic acids is 1. The van der Waals surface area contributed by atoms with Crippen molar-refractivity contribution < 1.29 is 4.79 Å². The minimum absolute atomic E-state index is 0.206. The Kier molecular flexibility index (Phi) is 6.19. The highest BCUT2D eigenvalue weighted by atomic mass is 16.2. The van der Waals surface area contributed by atoms with E-state index in [2.05, 4.69) is 60.2 Å².